The molecule has 0 amide bonds. The number of aliphatic imine (C=N–C) groups is 1. The third-order valence-corrected chi connectivity index (χ3v) is 5.76. The molecule has 1 fully saturated rings. The van der Waals surface area contributed by atoms with E-state index in [2.05, 4.69) is 22.5 Å². The summed E-state index contributed by atoms with van der Waals surface area (Å²) >= 11 is 0. The molecule has 2 N–H and O–H groups in total. The Kier molecular flexibility index (Phi) is 7.71. The number of nitrogens with one attached hydrogen (secondary N) is 2. The Balaban J connectivity index is 1.75. The van der Waals surface area contributed by atoms with Gasteiger partial charge in [-0.3, -0.25) is 4.99 Å². The maximum Gasteiger partial charge on any atom is 0.191 e. The molecule has 2 unspecified atom stereocenters. The van der Waals surface area contributed by atoms with Gasteiger partial charge >= 0.3 is 0 Å². The lowest BCUT2D eigenvalue weighted by molar-refractivity contribution is 0.0945. The molecule has 140 valence electrons. The van der Waals surface area contributed by atoms with E-state index in [4.69, 9.17) is 4.74 Å². The fourth-order valence-electron chi connectivity index (χ4n) is 2.67. The molecule has 1 saturated heterocycles. The average molecular weight is 368 g/mol. The highest BCUT2D eigenvalue weighted by Crippen LogP contribution is 2.11. The number of rotatable bonds is 8. The molecule has 0 aliphatic carbocycles. The van der Waals surface area contributed by atoms with Gasteiger partial charge in [0.15, 0.2) is 15.8 Å². The lowest BCUT2D eigenvalue weighted by atomic mass is 10.2. The van der Waals surface area contributed by atoms with Crippen molar-refractivity contribution < 1.29 is 13.2 Å². The van der Waals surface area contributed by atoms with Crippen LogP contribution in [0.4, 0.5) is 0 Å². The van der Waals surface area contributed by atoms with Crippen LogP contribution in [-0.2, 0) is 21.2 Å². The molecule has 1 aliphatic heterocycles. The monoisotopic (exact) mass is 367 g/mol. The number of guanidine groups is 1. The number of nitrogens with zero attached hydrogens (tertiary/aromatic N) is 1. The Labute approximate surface area is 151 Å². The zero-order chi connectivity index (χ0) is 18.1. The van der Waals surface area contributed by atoms with E-state index in [1.807, 2.05) is 37.3 Å². The zero-order valence-corrected chi connectivity index (χ0v) is 15.9. The van der Waals surface area contributed by atoms with E-state index in [0.29, 0.717) is 32.1 Å². The Bertz CT molecular complexity index is 647. The second kappa shape index (κ2) is 9.77. The van der Waals surface area contributed by atoms with Crippen LogP contribution < -0.4 is 10.6 Å². The summed E-state index contributed by atoms with van der Waals surface area (Å²) in [6.07, 6.45) is 0.641. The summed E-state index contributed by atoms with van der Waals surface area (Å²) in [5.74, 6) is 1.41. The summed E-state index contributed by atoms with van der Waals surface area (Å²) in [4.78, 5) is 4.57. The van der Waals surface area contributed by atoms with Crippen molar-refractivity contribution in [1.29, 1.82) is 0 Å². The lowest BCUT2D eigenvalue weighted by Crippen LogP contribution is -2.44. The largest absolute Gasteiger partial charge is 0.376 e. The van der Waals surface area contributed by atoms with E-state index in [9.17, 15) is 8.42 Å². The van der Waals surface area contributed by atoms with Crippen LogP contribution in [0.15, 0.2) is 35.3 Å². The maximum atomic E-state index is 11.6. The zero-order valence-electron chi connectivity index (χ0n) is 15.1. The van der Waals surface area contributed by atoms with Gasteiger partial charge in [-0.05, 0) is 24.8 Å². The lowest BCUT2D eigenvalue weighted by Gasteiger charge is -2.17. The van der Waals surface area contributed by atoms with Gasteiger partial charge in [0.25, 0.3) is 0 Å². The van der Waals surface area contributed by atoms with Crippen molar-refractivity contribution in [1.82, 2.24) is 10.6 Å². The molecule has 0 radical (unpaired) electrons. The summed E-state index contributed by atoms with van der Waals surface area (Å²) in [5.41, 5.74) is 1.16. The van der Waals surface area contributed by atoms with E-state index in [1.54, 1.807) is 0 Å². The van der Waals surface area contributed by atoms with Crippen molar-refractivity contribution in [3.05, 3.63) is 35.9 Å². The van der Waals surface area contributed by atoms with Gasteiger partial charge in [-0.25, -0.2) is 8.42 Å². The Hall–Kier alpha value is -1.60. The molecular weight excluding hydrogens is 338 g/mol. The summed E-state index contributed by atoms with van der Waals surface area (Å²) < 4.78 is 28.9. The van der Waals surface area contributed by atoms with Crippen molar-refractivity contribution >= 4 is 15.8 Å². The highest BCUT2D eigenvalue weighted by Gasteiger charge is 2.28. The van der Waals surface area contributed by atoms with Crippen LogP contribution in [0.5, 0.6) is 0 Å². The Morgan fingerprint density at radius 3 is 2.76 bits per heavy atom. The first-order valence-electron chi connectivity index (χ1n) is 8.85. The molecule has 1 aromatic carbocycles. The third kappa shape index (κ3) is 7.44. The predicted octanol–water partition coefficient (Wildman–Crippen LogP) is 1.58. The molecule has 2 rings (SSSR count). The van der Waals surface area contributed by atoms with Crippen LogP contribution in [-0.4, -0.2) is 51.6 Å². The van der Waals surface area contributed by atoms with E-state index in [0.717, 1.165) is 12.1 Å². The van der Waals surface area contributed by atoms with E-state index in [-0.39, 0.29) is 23.5 Å². The minimum absolute atomic E-state index is 0.0487. The molecule has 0 saturated carbocycles. The van der Waals surface area contributed by atoms with Gasteiger partial charge < -0.3 is 15.4 Å². The van der Waals surface area contributed by atoms with Crippen molar-refractivity contribution in [3.8, 4) is 0 Å². The number of hydrogen-bond donors (Lipinski definition) is 2. The topological polar surface area (TPSA) is 79.8 Å². The third-order valence-electron chi connectivity index (χ3n) is 3.99. The number of ether oxygens (including phenoxy) is 1. The predicted molar refractivity (Wildman–Crippen MR) is 101 cm³/mol. The van der Waals surface area contributed by atoms with Crippen LogP contribution in [0.2, 0.25) is 0 Å². The Morgan fingerprint density at radius 2 is 2.12 bits per heavy atom. The smallest absolute Gasteiger partial charge is 0.191 e. The molecule has 7 heteroatoms. The standard InChI is InChI=1S/C18H29N3O3S/c1-3-19-18(21-17-9-10-25(22,23)14-17)20-11-15(2)12-24-13-16-7-5-4-6-8-16/h4-8,15,17H,3,9-14H2,1-2H3,(H2,19,20,21). The summed E-state index contributed by atoms with van der Waals surface area (Å²) in [5, 5.41) is 6.41. The van der Waals surface area contributed by atoms with Crippen LogP contribution >= 0.6 is 0 Å². The maximum absolute atomic E-state index is 11.6. The van der Waals surface area contributed by atoms with Crippen molar-refractivity contribution in [2.45, 2.75) is 32.9 Å². The molecule has 1 aliphatic rings. The molecule has 0 aromatic heterocycles. The average Bonchev–Trinajstić information content (AvgIpc) is 2.92. The minimum atomic E-state index is -2.89. The number of benzene rings is 1. The van der Waals surface area contributed by atoms with E-state index in [1.165, 1.54) is 0 Å². The molecule has 25 heavy (non-hydrogen) atoms. The fourth-order valence-corrected chi connectivity index (χ4v) is 4.35. The van der Waals surface area contributed by atoms with Gasteiger partial charge in [-0.2, -0.15) is 0 Å². The van der Waals surface area contributed by atoms with Gasteiger partial charge in [0.1, 0.15) is 0 Å². The molecule has 0 bridgehead atoms. The first-order valence-corrected chi connectivity index (χ1v) is 10.7. The molecule has 1 heterocycles. The normalized spacial score (nSPS) is 21.0. The van der Waals surface area contributed by atoms with Gasteiger partial charge in [0.2, 0.25) is 0 Å². The first kappa shape index (κ1) is 19.7. The first-order chi connectivity index (χ1) is 12.0. The summed E-state index contributed by atoms with van der Waals surface area (Å²) in [6, 6.07) is 10.0. The minimum Gasteiger partial charge on any atom is -0.376 e. The van der Waals surface area contributed by atoms with Gasteiger partial charge in [-0.15, -0.1) is 0 Å². The van der Waals surface area contributed by atoms with Gasteiger partial charge in [-0.1, -0.05) is 37.3 Å². The molecule has 6 nitrogen and oxygen atoms in total. The molecule has 1 aromatic rings. The second-order valence-electron chi connectivity index (χ2n) is 6.57. The van der Waals surface area contributed by atoms with E-state index < -0.39 is 9.84 Å². The highest BCUT2D eigenvalue weighted by molar-refractivity contribution is 7.91. The van der Waals surface area contributed by atoms with Crippen molar-refractivity contribution in [3.63, 3.8) is 0 Å². The number of hydrogen-bond acceptors (Lipinski definition) is 4. The van der Waals surface area contributed by atoms with Crippen LogP contribution in [0.25, 0.3) is 0 Å². The fraction of sp³-hybridized carbons (Fsp3) is 0.611. The van der Waals surface area contributed by atoms with Crippen LogP contribution in [0, 0.1) is 5.92 Å². The number of sulfone groups is 1. The molecule has 2 atom stereocenters. The quantitative estimate of drug-likeness (QED) is 0.539. The Morgan fingerprint density at radius 1 is 1.36 bits per heavy atom. The van der Waals surface area contributed by atoms with E-state index >= 15 is 0 Å². The SMILES string of the molecule is CCNC(=NCC(C)COCc1ccccc1)NC1CCS(=O)(=O)C1. The second-order valence-corrected chi connectivity index (χ2v) is 8.80. The van der Waals surface area contributed by atoms with Gasteiger partial charge in [0, 0.05) is 19.1 Å². The molecule has 0 spiro atoms. The summed E-state index contributed by atoms with van der Waals surface area (Å²) in [7, 11) is -2.89. The van der Waals surface area contributed by atoms with Crippen molar-refractivity contribution in [2.75, 3.05) is 31.2 Å². The summed E-state index contributed by atoms with van der Waals surface area (Å²) in [6.45, 7) is 6.70. The van der Waals surface area contributed by atoms with Crippen LogP contribution in [0.1, 0.15) is 25.8 Å². The van der Waals surface area contributed by atoms with Crippen LogP contribution in [0.3, 0.4) is 0 Å². The van der Waals surface area contributed by atoms with Gasteiger partial charge in [0.05, 0.1) is 24.7 Å². The molecular formula is C18H29N3O3S. The highest BCUT2D eigenvalue weighted by atomic mass is 32.2. The van der Waals surface area contributed by atoms with Crippen molar-refractivity contribution in [2.24, 2.45) is 10.9 Å².